The zero-order valence-electron chi connectivity index (χ0n) is 12.9. The summed E-state index contributed by atoms with van der Waals surface area (Å²) in [5.74, 6) is 0. The second-order valence-corrected chi connectivity index (χ2v) is 5.95. The van der Waals surface area contributed by atoms with Gasteiger partial charge in [0, 0.05) is 11.8 Å². The van der Waals surface area contributed by atoms with Gasteiger partial charge in [0.05, 0.1) is 24.1 Å². The van der Waals surface area contributed by atoms with E-state index in [9.17, 15) is 9.59 Å². The fourth-order valence-electron chi connectivity index (χ4n) is 2.07. The maximum atomic E-state index is 12.0. The maximum absolute atomic E-state index is 12.0. The van der Waals surface area contributed by atoms with Crippen molar-refractivity contribution >= 4 is 17.9 Å². The van der Waals surface area contributed by atoms with E-state index in [-0.39, 0.29) is 5.69 Å². The lowest BCUT2D eigenvalue weighted by Gasteiger charge is -2.18. The van der Waals surface area contributed by atoms with Crippen LogP contribution in [0.5, 0.6) is 0 Å². The Hall–Kier alpha value is -3.03. The first kappa shape index (κ1) is 14.9. The van der Waals surface area contributed by atoms with E-state index < -0.39 is 11.7 Å². The minimum absolute atomic E-state index is 0.237. The van der Waals surface area contributed by atoms with E-state index in [0.717, 1.165) is 4.68 Å². The summed E-state index contributed by atoms with van der Waals surface area (Å²) in [5.41, 5.74) is 1.44. The third-order valence-corrected chi connectivity index (χ3v) is 2.97. The Morgan fingerprint density at radius 1 is 1.26 bits per heavy atom. The summed E-state index contributed by atoms with van der Waals surface area (Å²) in [6, 6.07) is 1.77. The highest BCUT2D eigenvalue weighted by molar-refractivity contribution is 5.81. The molecule has 8 nitrogen and oxygen atoms in total. The predicted molar refractivity (Wildman–Crippen MR) is 81.2 cm³/mol. The molecule has 3 aromatic heterocycles. The van der Waals surface area contributed by atoms with Crippen LogP contribution in [0.1, 0.15) is 31.3 Å². The summed E-state index contributed by atoms with van der Waals surface area (Å²) in [5, 5.41) is 8.11. The number of hydrogen-bond acceptors (Lipinski definition) is 6. The molecule has 0 aliphatic heterocycles. The quantitative estimate of drug-likeness (QED) is 0.673. The van der Waals surface area contributed by atoms with Crippen molar-refractivity contribution in [1.82, 2.24) is 24.4 Å². The highest BCUT2D eigenvalue weighted by Crippen LogP contribution is 2.22. The molecule has 3 rings (SSSR count). The van der Waals surface area contributed by atoms with Gasteiger partial charge in [0.25, 0.3) is 0 Å². The Labute approximate surface area is 131 Å². The van der Waals surface area contributed by atoms with Crippen LogP contribution in [-0.4, -0.2) is 42.4 Å². The van der Waals surface area contributed by atoms with Crippen LogP contribution in [0.2, 0.25) is 0 Å². The first-order valence-corrected chi connectivity index (χ1v) is 6.95. The number of ether oxygens (including phenoxy) is 1. The molecule has 0 spiro atoms. The molecular formula is C15H15N5O3. The molecular weight excluding hydrogens is 298 g/mol. The van der Waals surface area contributed by atoms with E-state index in [4.69, 9.17) is 4.74 Å². The topological polar surface area (TPSA) is 91.4 Å². The Bertz CT molecular complexity index is 888. The Balaban J connectivity index is 2.02. The third kappa shape index (κ3) is 2.96. The fraction of sp³-hybridized carbons (Fsp3) is 0.267. The average molecular weight is 313 g/mol. The average Bonchev–Trinajstić information content (AvgIpc) is 3.13. The number of carbonyl (C=O) groups excluding carboxylic acids is 2. The Morgan fingerprint density at radius 2 is 2.04 bits per heavy atom. The van der Waals surface area contributed by atoms with Gasteiger partial charge < -0.3 is 4.74 Å². The van der Waals surface area contributed by atoms with Crippen LogP contribution in [-0.2, 0) is 4.74 Å². The molecule has 0 radical (unpaired) electrons. The number of fused-ring (bicyclic) bond motifs is 1. The highest BCUT2D eigenvalue weighted by atomic mass is 16.6. The Kier molecular flexibility index (Phi) is 3.44. The van der Waals surface area contributed by atoms with Crippen LogP contribution >= 0.6 is 0 Å². The molecule has 3 aromatic rings. The van der Waals surface area contributed by atoms with Crippen LogP contribution in [0.4, 0.5) is 4.79 Å². The molecule has 0 N–H and O–H groups in total. The molecule has 118 valence electrons. The zero-order chi connectivity index (χ0) is 16.6. The lowest BCUT2D eigenvalue weighted by molar-refractivity contribution is 0.0514. The van der Waals surface area contributed by atoms with Crippen molar-refractivity contribution in [2.45, 2.75) is 26.4 Å². The lowest BCUT2D eigenvalue weighted by atomic mass is 10.2. The number of aromatic nitrogens is 5. The molecule has 0 aliphatic carbocycles. The first-order chi connectivity index (χ1) is 10.9. The molecule has 0 bridgehead atoms. The lowest BCUT2D eigenvalue weighted by Crippen LogP contribution is -2.27. The van der Waals surface area contributed by atoms with E-state index >= 15 is 0 Å². The smallest absolute Gasteiger partial charge is 0.435 e. The number of aldehydes is 1. The van der Waals surface area contributed by atoms with E-state index in [1.807, 2.05) is 0 Å². The van der Waals surface area contributed by atoms with Gasteiger partial charge in [-0.3, -0.25) is 4.79 Å². The van der Waals surface area contributed by atoms with Gasteiger partial charge >= 0.3 is 6.09 Å². The van der Waals surface area contributed by atoms with Crippen LogP contribution in [0, 0.1) is 0 Å². The molecule has 0 saturated heterocycles. The summed E-state index contributed by atoms with van der Waals surface area (Å²) >= 11 is 0. The standard InChI is InChI=1S/C15H15N5O3/c1-15(2,3)23-14(22)20-7-10(6-17-20)13-12-4-5-16-19(12)8-11(9-21)18-13/h4-9H,1-3H3. The van der Waals surface area contributed by atoms with Gasteiger partial charge in [-0.1, -0.05) is 0 Å². The summed E-state index contributed by atoms with van der Waals surface area (Å²) in [6.45, 7) is 5.33. The van der Waals surface area contributed by atoms with Crippen molar-refractivity contribution in [3.05, 3.63) is 36.5 Å². The monoisotopic (exact) mass is 313 g/mol. The van der Waals surface area contributed by atoms with Crippen LogP contribution in [0.25, 0.3) is 16.8 Å². The molecule has 0 aliphatic rings. The molecule has 23 heavy (non-hydrogen) atoms. The predicted octanol–water partition coefficient (Wildman–Crippen LogP) is 2.19. The summed E-state index contributed by atoms with van der Waals surface area (Å²) < 4.78 is 7.91. The molecule has 8 heteroatoms. The van der Waals surface area contributed by atoms with Crippen molar-refractivity contribution in [2.24, 2.45) is 0 Å². The molecule has 0 unspecified atom stereocenters. The number of rotatable bonds is 2. The molecule has 0 amide bonds. The summed E-state index contributed by atoms with van der Waals surface area (Å²) in [6.07, 6.45) is 6.20. The van der Waals surface area contributed by atoms with E-state index in [2.05, 4.69) is 15.2 Å². The van der Waals surface area contributed by atoms with Gasteiger partial charge in [-0.05, 0) is 26.8 Å². The van der Waals surface area contributed by atoms with E-state index in [1.54, 1.807) is 37.5 Å². The zero-order valence-corrected chi connectivity index (χ0v) is 12.9. The molecule has 0 saturated carbocycles. The van der Waals surface area contributed by atoms with Gasteiger partial charge in [0.1, 0.15) is 17.0 Å². The maximum Gasteiger partial charge on any atom is 0.435 e. The van der Waals surface area contributed by atoms with Crippen LogP contribution < -0.4 is 0 Å². The second kappa shape index (κ2) is 5.31. The van der Waals surface area contributed by atoms with Gasteiger partial charge in [-0.2, -0.15) is 14.9 Å². The number of hydrogen-bond donors (Lipinski definition) is 0. The van der Waals surface area contributed by atoms with Crippen LogP contribution in [0.15, 0.2) is 30.9 Å². The van der Waals surface area contributed by atoms with Gasteiger partial charge in [0.15, 0.2) is 6.29 Å². The van der Waals surface area contributed by atoms with Crippen molar-refractivity contribution in [2.75, 3.05) is 0 Å². The second-order valence-electron chi connectivity index (χ2n) is 5.95. The van der Waals surface area contributed by atoms with Gasteiger partial charge in [-0.25, -0.2) is 14.3 Å². The van der Waals surface area contributed by atoms with Crippen LogP contribution in [0.3, 0.4) is 0 Å². The normalized spacial score (nSPS) is 11.6. The fourth-order valence-corrected chi connectivity index (χ4v) is 2.07. The molecule has 0 atom stereocenters. The molecule has 0 aromatic carbocycles. The SMILES string of the molecule is CC(C)(C)OC(=O)n1cc(-c2nc(C=O)cn3nccc23)cn1. The van der Waals surface area contributed by atoms with Crippen molar-refractivity contribution in [1.29, 1.82) is 0 Å². The van der Waals surface area contributed by atoms with Crippen molar-refractivity contribution in [3.63, 3.8) is 0 Å². The summed E-state index contributed by atoms with van der Waals surface area (Å²) in [7, 11) is 0. The third-order valence-electron chi connectivity index (χ3n) is 2.97. The Morgan fingerprint density at radius 3 is 2.74 bits per heavy atom. The van der Waals surface area contributed by atoms with Crippen molar-refractivity contribution in [3.8, 4) is 11.3 Å². The number of nitrogens with zero attached hydrogens (tertiary/aromatic N) is 5. The number of carbonyl (C=O) groups is 2. The first-order valence-electron chi connectivity index (χ1n) is 6.95. The van der Waals surface area contributed by atoms with E-state index in [0.29, 0.717) is 23.1 Å². The van der Waals surface area contributed by atoms with Gasteiger partial charge in [-0.15, -0.1) is 0 Å². The highest BCUT2D eigenvalue weighted by Gasteiger charge is 2.19. The van der Waals surface area contributed by atoms with E-state index in [1.165, 1.54) is 18.6 Å². The molecule has 3 heterocycles. The van der Waals surface area contributed by atoms with Gasteiger partial charge in [0.2, 0.25) is 0 Å². The minimum Gasteiger partial charge on any atom is -0.442 e. The molecule has 0 fully saturated rings. The largest absolute Gasteiger partial charge is 0.442 e. The van der Waals surface area contributed by atoms with Crippen molar-refractivity contribution < 1.29 is 14.3 Å². The summed E-state index contributed by atoms with van der Waals surface area (Å²) in [4.78, 5) is 27.3. The minimum atomic E-state index is -0.613.